The first kappa shape index (κ1) is 9.78. The Labute approximate surface area is 96.7 Å². The Balaban J connectivity index is 2.37. The Morgan fingerprint density at radius 1 is 0.941 bits per heavy atom. The molecule has 1 aliphatic rings. The van der Waals surface area contributed by atoms with Gasteiger partial charge in [-0.1, -0.05) is 36.4 Å². The topological polar surface area (TPSA) is 46.2 Å². The van der Waals surface area contributed by atoms with Crippen molar-refractivity contribution in [2.75, 3.05) is 0 Å². The highest BCUT2D eigenvalue weighted by Crippen LogP contribution is 2.16. The lowest BCUT2D eigenvalue weighted by molar-refractivity contribution is -0.108. The van der Waals surface area contributed by atoms with Crippen molar-refractivity contribution in [2.45, 2.75) is 0 Å². The molecule has 0 unspecified atom stereocenters. The van der Waals surface area contributed by atoms with Gasteiger partial charge >= 0.3 is 0 Å². The fourth-order valence-corrected chi connectivity index (χ4v) is 2.26. The van der Waals surface area contributed by atoms with Crippen LogP contribution in [-0.4, -0.2) is 12.3 Å². The molecule has 0 atom stereocenters. The molecule has 0 fully saturated rings. The van der Waals surface area contributed by atoms with E-state index in [1.807, 2.05) is 36.4 Å². The van der Waals surface area contributed by atoms with Crippen LogP contribution in [0.2, 0.25) is 0 Å². The van der Waals surface area contributed by atoms with E-state index in [4.69, 9.17) is 0 Å². The first-order chi connectivity index (χ1) is 8.33. The summed E-state index contributed by atoms with van der Waals surface area (Å²) in [5.41, 5.74) is 0.549. The molecule has 0 spiro atoms. The SMILES string of the molecule is O=CNC(=O)c1cccc2c1=c1ccccc1=2. The summed E-state index contributed by atoms with van der Waals surface area (Å²) in [6, 6.07) is 13.5. The number of imide groups is 1. The molecule has 0 aromatic heterocycles. The van der Waals surface area contributed by atoms with Crippen molar-refractivity contribution in [2.24, 2.45) is 0 Å². The van der Waals surface area contributed by atoms with Crippen LogP contribution in [0.3, 0.4) is 0 Å². The van der Waals surface area contributed by atoms with Crippen molar-refractivity contribution in [1.82, 2.24) is 5.32 Å². The van der Waals surface area contributed by atoms with Crippen LogP contribution < -0.4 is 5.32 Å². The Hall–Kier alpha value is -2.42. The van der Waals surface area contributed by atoms with Gasteiger partial charge < -0.3 is 0 Å². The molecule has 3 heteroatoms. The van der Waals surface area contributed by atoms with E-state index >= 15 is 0 Å². The van der Waals surface area contributed by atoms with Crippen molar-refractivity contribution in [3.8, 4) is 0 Å². The second kappa shape index (κ2) is 3.56. The predicted octanol–water partition coefficient (Wildman–Crippen LogP) is 1.46. The molecule has 3 nitrogen and oxygen atoms in total. The Morgan fingerprint density at radius 2 is 1.65 bits per heavy atom. The zero-order valence-corrected chi connectivity index (χ0v) is 8.94. The molecule has 0 saturated carbocycles. The quantitative estimate of drug-likeness (QED) is 0.668. The number of fused-ring (bicyclic) bond motifs is 2. The van der Waals surface area contributed by atoms with Gasteiger partial charge in [-0.15, -0.1) is 0 Å². The van der Waals surface area contributed by atoms with Gasteiger partial charge in [-0.25, -0.2) is 0 Å². The van der Waals surface area contributed by atoms with Gasteiger partial charge in [-0.3, -0.25) is 14.9 Å². The Morgan fingerprint density at radius 3 is 2.41 bits per heavy atom. The summed E-state index contributed by atoms with van der Waals surface area (Å²) in [5, 5.41) is 6.40. The van der Waals surface area contributed by atoms with E-state index in [2.05, 4.69) is 5.32 Å². The highest BCUT2D eigenvalue weighted by atomic mass is 16.2. The van der Waals surface area contributed by atoms with Crippen LogP contribution in [0.15, 0.2) is 42.5 Å². The number of amides is 2. The average molecular weight is 223 g/mol. The van der Waals surface area contributed by atoms with Crippen LogP contribution in [0, 0.1) is 20.9 Å². The lowest BCUT2D eigenvalue weighted by Gasteiger charge is -2.08. The number of nitrogens with one attached hydrogen (secondary N) is 1. The molecular formula is C14H9NO2. The van der Waals surface area contributed by atoms with Crippen LogP contribution >= 0.6 is 0 Å². The Bertz CT molecular complexity index is 809. The number of benzene rings is 2. The molecule has 2 amide bonds. The van der Waals surface area contributed by atoms with Crippen LogP contribution in [-0.2, 0) is 4.79 Å². The molecule has 1 aliphatic carbocycles. The van der Waals surface area contributed by atoms with E-state index in [0.29, 0.717) is 12.0 Å². The first-order valence-electron chi connectivity index (χ1n) is 5.30. The van der Waals surface area contributed by atoms with Crippen LogP contribution in [0.4, 0.5) is 0 Å². The normalized spacial score (nSPS) is 10.8. The molecule has 0 bridgehead atoms. The summed E-state index contributed by atoms with van der Waals surface area (Å²) in [4.78, 5) is 22.0. The second-order valence-electron chi connectivity index (χ2n) is 3.87. The summed E-state index contributed by atoms with van der Waals surface area (Å²) in [6.07, 6.45) is 0.409. The first-order valence-corrected chi connectivity index (χ1v) is 5.30. The maximum absolute atomic E-state index is 11.7. The number of hydrogen-bond donors (Lipinski definition) is 1. The molecule has 3 rings (SSSR count). The zero-order chi connectivity index (χ0) is 11.8. The third-order valence-corrected chi connectivity index (χ3v) is 2.99. The van der Waals surface area contributed by atoms with E-state index in [1.165, 1.54) is 0 Å². The molecule has 17 heavy (non-hydrogen) atoms. The second-order valence-corrected chi connectivity index (χ2v) is 3.87. The van der Waals surface area contributed by atoms with E-state index in [9.17, 15) is 9.59 Å². The fraction of sp³-hybridized carbons (Fsp3) is 0. The highest BCUT2D eigenvalue weighted by Gasteiger charge is 2.11. The summed E-state index contributed by atoms with van der Waals surface area (Å²) in [5.74, 6) is -0.355. The van der Waals surface area contributed by atoms with Crippen molar-refractivity contribution in [3.63, 3.8) is 0 Å². The van der Waals surface area contributed by atoms with Crippen molar-refractivity contribution in [1.29, 1.82) is 0 Å². The molecular weight excluding hydrogens is 214 g/mol. The molecule has 0 heterocycles. The van der Waals surface area contributed by atoms with Gasteiger partial charge in [-0.05, 0) is 21.7 Å². The molecule has 82 valence electrons. The lowest BCUT2D eigenvalue weighted by Crippen LogP contribution is -2.22. The molecule has 0 saturated heterocycles. The van der Waals surface area contributed by atoms with E-state index < -0.39 is 0 Å². The summed E-state index contributed by atoms with van der Waals surface area (Å²) < 4.78 is 0. The van der Waals surface area contributed by atoms with Gasteiger partial charge in [0, 0.05) is 10.8 Å². The van der Waals surface area contributed by atoms with Crippen LogP contribution in [0.5, 0.6) is 0 Å². The van der Waals surface area contributed by atoms with Crippen molar-refractivity contribution < 1.29 is 9.59 Å². The fourth-order valence-electron chi connectivity index (χ4n) is 2.26. The third kappa shape index (κ3) is 1.29. The van der Waals surface area contributed by atoms with Gasteiger partial charge in [0.15, 0.2) is 0 Å². The van der Waals surface area contributed by atoms with E-state index in [1.54, 1.807) is 6.07 Å². The average Bonchev–Trinajstić information content (AvgIpc) is 2.35. The number of carbonyl (C=O) groups excluding carboxylic acids is 2. The number of hydrogen-bond acceptors (Lipinski definition) is 2. The van der Waals surface area contributed by atoms with Crippen LogP contribution in [0.1, 0.15) is 10.4 Å². The van der Waals surface area contributed by atoms with Gasteiger partial charge in [0.1, 0.15) is 0 Å². The van der Waals surface area contributed by atoms with E-state index in [0.717, 1.165) is 20.9 Å². The molecule has 0 aliphatic heterocycles. The minimum absolute atomic E-state index is 0.355. The summed E-state index contributed by atoms with van der Waals surface area (Å²) in [6.45, 7) is 0. The van der Waals surface area contributed by atoms with Crippen molar-refractivity contribution in [3.05, 3.63) is 68.9 Å². The number of rotatable bonds is 2. The monoisotopic (exact) mass is 223 g/mol. The van der Waals surface area contributed by atoms with Gasteiger partial charge in [0.05, 0.1) is 0 Å². The molecule has 0 radical (unpaired) electrons. The van der Waals surface area contributed by atoms with Gasteiger partial charge in [0.2, 0.25) is 6.41 Å². The van der Waals surface area contributed by atoms with Gasteiger partial charge in [-0.2, -0.15) is 0 Å². The predicted molar refractivity (Wildman–Crippen MR) is 61.8 cm³/mol. The summed E-state index contributed by atoms with van der Waals surface area (Å²) in [7, 11) is 0. The zero-order valence-electron chi connectivity index (χ0n) is 8.94. The highest BCUT2D eigenvalue weighted by molar-refractivity contribution is 6.00. The smallest absolute Gasteiger partial charge is 0.258 e. The van der Waals surface area contributed by atoms with Gasteiger partial charge in [0.25, 0.3) is 5.91 Å². The molecule has 2 aromatic carbocycles. The minimum atomic E-state index is -0.355. The molecule has 2 aromatic rings. The van der Waals surface area contributed by atoms with Crippen LogP contribution in [0.25, 0.3) is 0 Å². The largest absolute Gasteiger partial charge is 0.295 e. The lowest BCUT2D eigenvalue weighted by atomic mass is 9.97. The van der Waals surface area contributed by atoms with E-state index in [-0.39, 0.29) is 5.91 Å². The third-order valence-electron chi connectivity index (χ3n) is 2.99. The number of carbonyl (C=O) groups is 2. The summed E-state index contributed by atoms with van der Waals surface area (Å²) >= 11 is 0. The molecule has 1 N–H and O–H groups in total. The standard InChI is InChI=1S/C14H9NO2/c16-8-15-14(17)12-7-3-6-11-9-4-1-2-5-10(9)13(11)12/h1-8H,(H,15,16,17). The maximum Gasteiger partial charge on any atom is 0.258 e. The van der Waals surface area contributed by atoms with Crippen molar-refractivity contribution >= 4 is 12.3 Å². The minimum Gasteiger partial charge on any atom is -0.295 e. The maximum atomic E-state index is 11.7. The Kier molecular flexibility index (Phi) is 2.05.